The van der Waals surface area contributed by atoms with E-state index in [4.69, 9.17) is 16.3 Å². The fraction of sp³-hybridized carbons (Fsp3) is 0.304. The Hall–Kier alpha value is -3.24. The number of fused-ring (bicyclic) bond motifs is 1. The first kappa shape index (κ1) is 23.9. The van der Waals surface area contributed by atoms with E-state index in [1.165, 1.54) is 23.1 Å². The van der Waals surface area contributed by atoms with Gasteiger partial charge in [0.1, 0.15) is 5.75 Å². The summed E-state index contributed by atoms with van der Waals surface area (Å²) >= 11 is 5.99. The number of hydrogen-bond acceptors (Lipinski definition) is 4. The summed E-state index contributed by atoms with van der Waals surface area (Å²) in [6, 6.07) is 11.5. The number of amides is 2. The molecule has 0 atom stereocenters. The van der Waals surface area contributed by atoms with E-state index in [2.05, 4.69) is 4.98 Å². The molecule has 1 N–H and O–H groups in total. The van der Waals surface area contributed by atoms with Gasteiger partial charge in [-0.3, -0.25) is 9.47 Å². The zero-order valence-electron chi connectivity index (χ0n) is 18.2. The van der Waals surface area contributed by atoms with Crippen LogP contribution in [0.1, 0.15) is 23.2 Å². The first-order valence-corrected chi connectivity index (χ1v) is 10.9. The predicted octanol–water partition coefficient (Wildman–Crippen LogP) is 5.15. The minimum atomic E-state index is -4.61. The number of para-hydroxylation sites is 1. The van der Waals surface area contributed by atoms with Crippen LogP contribution >= 0.6 is 11.6 Å². The molecule has 0 saturated carbocycles. The molecule has 180 valence electrons. The average Bonchev–Trinajstić information content (AvgIpc) is 3.13. The Balaban J connectivity index is 1.79. The number of aromatic nitrogens is 2. The van der Waals surface area contributed by atoms with Gasteiger partial charge in [0.05, 0.1) is 24.3 Å². The van der Waals surface area contributed by atoms with E-state index in [1.54, 1.807) is 40.8 Å². The molecular formula is C23H22ClF3N4O3. The monoisotopic (exact) mass is 494 g/mol. The van der Waals surface area contributed by atoms with Gasteiger partial charge < -0.3 is 14.7 Å². The van der Waals surface area contributed by atoms with E-state index in [-0.39, 0.29) is 37.5 Å². The number of nitrogens with zero attached hydrogens (tertiary/aromatic N) is 4. The lowest BCUT2D eigenvalue weighted by molar-refractivity contribution is -0.138. The van der Waals surface area contributed by atoms with Crippen molar-refractivity contribution in [3.8, 4) is 11.8 Å². The number of anilines is 1. The number of carbonyl (C=O) groups excluding carboxylic acids is 1. The van der Waals surface area contributed by atoms with Gasteiger partial charge in [-0.05, 0) is 36.2 Å². The number of ether oxygens (including phenoxy) is 1. The van der Waals surface area contributed by atoms with E-state index in [1.807, 2.05) is 0 Å². The first-order valence-electron chi connectivity index (χ1n) is 10.5. The molecule has 2 amide bonds. The van der Waals surface area contributed by atoms with Crippen molar-refractivity contribution in [1.82, 2.24) is 14.5 Å². The van der Waals surface area contributed by atoms with E-state index in [0.717, 1.165) is 11.6 Å². The van der Waals surface area contributed by atoms with Crippen molar-refractivity contribution in [3.63, 3.8) is 0 Å². The molecule has 1 aliphatic heterocycles. The lowest BCUT2D eigenvalue weighted by Gasteiger charge is -2.32. The molecule has 0 fully saturated rings. The highest BCUT2D eigenvalue weighted by molar-refractivity contribution is 6.30. The third kappa shape index (κ3) is 4.83. The molecule has 3 aromatic rings. The van der Waals surface area contributed by atoms with Crippen LogP contribution in [-0.2, 0) is 19.3 Å². The predicted molar refractivity (Wildman–Crippen MR) is 120 cm³/mol. The molecule has 2 heterocycles. The molecule has 11 heteroatoms. The molecule has 34 heavy (non-hydrogen) atoms. The SMILES string of the molecule is CN1C(=O)N(CCCO)Cc2c1nc(Oc1ccccc1C(F)(F)F)n2Cc1ccc(Cl)cc1. The summed E-state index contributed by atoms with van der Waals surface area (Å²) < 4.78 is 48.0. The molecule has 1 aromatic heterocycles. The summed E-state index contributed by atoms with van der Waals surface area (Å²) in [5.41, 5.74) is 0.498. The molecule has 4 rings (SSSR count). The smallest absolute Gasteiger partial charge is 0.419 e. The Bertz CT molecular complexity index is 1180. The minimum absolute atomic E-state index is 0.0692. The topological polar surface area (TPSA) is 70.8 Å². The number of rotatable bonds is 7. The normalized spacial score (nSPS) is 13.9. The maximum atomic E-state index is 13.5. The molecule has 7 nitrogen and oxygen atoms in total. The van der Waals surface area contributed by atoms with Crippen LogP contribution in [0.4, 0.5) is 23.8 Å². The van der Waals surface area contributed by atoms with Gasteiger partial charge in [-0.1, -0.05) is 35.9 Å². The average molecular weight is 495 g/mol. The van der Waals surface area contributed by atoms with Crippen LogP contribution in [0.15, 0.2) is 48.5 Å². The van der Waals surface area contributed by atoms with Crippen molar-refractivity contribution in [2.75, 3.05) is 25.1 Å². The lowest BCUT2D eigenvalue weighted by atomic mass is 10.2. The summed E-state index contributed by atoms with van der Waals surface area (Å²) in [6.07, 6.45) is -4.22. The number of aliphatic hydroxyl groups is 1. The van der Waals surface area contributed by atoms with Crippen LogP contribution in [-0.4, -0.2) is 45.8 Å². The van der Waals surface area contributed by atoms with E-state index >= 15 is 0 Å². The number of benzene rings is 2. The maximum Gasteiger partial charge on any atom is 0.419 e. The zero-order valence-corrected chi connectivity index (χ0v) is 19.0. The van der Waals surface area contributed by atoms with Gasteiger partial charge in [-0.25, -0.2) is 4.79 Å². The van der Waals surface area contributed by atoms with E-state index in [9.17, 15) is 23.1 Å². The summed E-state index contributed by atoms with van der Waals surface area (Å²) in [5, 5.41) is 9.73. The fourth-order valence-corrected chi connectivity index (χ4v) is 3.89. The number of carbonyl (C=O) groups is 1. The molecule has 0 saturated heterocycles. The highest BCUT2D eigenvalue weighted by Gasteiger charge is 2.36. The van der Waals surface area contributed by atoms with Crippen LogP contribution < -0.4 is 9.64 Å². The number of imidazole rings is 1. The minimum Gasteiger partial charge on any atom is -0.425 e. The number of halogens is 4. The quantitative estimate of drug-likeness (QED) is 0.493. The van der Waals surface area contributed by atoms with Gasteiger partial charge in [-0.15, -0.1) is 0 Å². The van der Waals surface area contributed by atoms with E-state index in [0.29, 0.717) is 29.5 Å². The number of hydrogen-bond donors (Lipinski definition) is 1. The second-order valence-electron chi connectivity index (χ2n) is 7.81. The molecule has 0 unspecified atom stereocenters. The van der Waals surface area contributed by atoms with Gasteiger partial charge in [0.2, 0.25) is 0 Å². The van der Waals surface area contributed by atoms with Crippen LogP contribution in [0.25, 0.3) is 0 Å². The number of urea groups is 1. The summed E-state index contributed by atoms with van der Waals surface area (Å²) in [5.74, 6) is -0.0838. The summed E-state index contributed by atoms with van der Waals surface area (Å²) in [7, 11) is 1.54. The van der Waals surface area contributed by atoms with Gasteiger partial charge in [0.15, 0.2) is 5.82 Å². The van der Waals surface area contributed by atoms with Crippen LogP contribution in [0.5, 0.6) is 11.8 Å². The van der Waals surface area contributed by atoms with Crippen molar-refractivity contribution >= 4 is 23.4 Å². The second-order valence-corrected chi connectivity index (χ2v) is 8.25. The lowest BCUT2D eigenvalue weighted by Crippen LogP contribution is -2.46. The Morgan fingerprint density at radius 3 is 2.53 bits per heavy atom. The van der Waals surface area contributed by atoms with Crippen LogP contribution in [0.3, 0.4) is 0 Å². The standard InChI is InChI=1S/C23H22ClF3N4O3/c1-29-20-18(14-30(22(29)33)11-4-12-32)31(13-15-7-9-16(24)10-8-15)21(28-20)34-19-6-3-2-5-17(19)23(25,26)27/h2-3,5-10,32H,4,11-14H2,1H3. The summed E-state index contributed by atoms with van der Waals surface area (Å²) in [6.45, 7) is 0.646. The van der Waals surface area contributed by atoms with Crippen molar-refractivity contribution in [3.05, 3.63) is 70.4 Å². The summed E-state index contributed by atoms with van der Waals surface area (Å²) in [4.78, 5) is 20.1. The molecule has 2 aromatic carbocycles. The molecule has 0 radical (unpaired) electrons. The van der Waals surface area contributed by atoms with Crippen LogP contribution in [0, 0.1) is 0 Å². The molecule has 1 aliphatic rings. The third-order valence-corrected chi connectivity index (χ3v) is 5.72. The van der Waals surface area contributed by atoms with Gasteiger partial charge in [0, 0.05) is 25.2 Å². The van der Waals surface area contributed by atoms with Gasteiger partial charge in [-0.2, -0.15) is 18.2 Å². The van der Waals surface area contributed by atoms with Crippen molar-refractivity contribution in [2.45, 2.75) is 25.7 Å². The van der Waals surface area contributed by atoms with E-state index < -0.39 is 11.7 Å². The van der Waals surface area contributed by atoms with Crippen molar-refractivity contribution in [2.24, 2.45) is 0 Å². The van der Waals surface area contributed by atoms with Crippen LogP contribution in [0.2, 0.25) is 5.02 Å². The van der Waals surface area contributed by atoms with Crippen molar-refractivity contribution in [1.29, 1.82) is 0 Å². The van der Waals surface area contributed by atoms with Crippen molar-refractivity contribution < 1.29 is 27.8 Å². The highest BCUT2D eigenvalue weighted by Crippen LogP contribution is 2.39. The number of alkyl halides is 3. The van der Waals surface area contributed by atoms with Gasteiger partial charge in [0.25, 0.3) is 0 Å². The Morgan fingerprint density at radius 1 is 1.15 bits per heavy atom. The molecule has 0 spiro atoms. The Morgan fingerprint density at radius 2 is 1.85 bits per heavy atom. The third-order valence-electron chi connectivity index (χ3n) is 5.47. The zero-order chi connectivity index (χ0) is 24.5. The molecule has 0 aliphatic carbocycles. The first-order chi connectivity index (χ1) is 16.2. The number of aliphatic hydroxyl groups excluding tert-OH is 1. The molecular weight excluding hydrogens is 473 g/mol. The maximum absolute atomic E-state index is 13.5. The highest BCUT2D eigenvalue weighted by atomic mass is 35.5. The van der Waals surface area contributed by atoms with Gasteiger partial charge >= 0.3 is 18.2 Å². The molecule has 0 bridgehead atoms. The largest absolute Gasteiger partial charge is 0.425 e. The second kappa shape index (κ2) is 9.55. The Kier molecular flexibility index (Phi) is 6.72. The fourth-order valence-electron chi connectivity index (χ4n) is 3.77. The Labute approximate surface area is 198 Å².